The molecule has 2 saturated heterocycles. The summed E-state index contributed by atoms with van der Waals surface area (Å²) in [5.41, 5.74) is -0.623. The van der Waals surface area contributed by atoms with Crippen LogP contribution < -0.4 is 0 Å². The van der Waals surface area contributed by atoms with E-state index < -0.39 is 45.9 Å². The van der Waals surface area contributed by atoms with Gasteiger partial charge in [-0.15, -0.1) is 0 Å². The number of hydrogen-bond donors (Lipinski definition) is 0. The van der Waals surface area contributed by atoms with Crippen LogP contribution in [-0.4, -0.2) is 118 Å². The first-order chi connectivity index (χ1) is 15.7. The molecule has 0 radical (unpaired) electrons. The molecule has 2 atom stereocenters. The van der Waals surface area contributed by atoms with Crippen molar-refractivity contribution in [3.8, 4) is 0 Å². The highest BCUT2D eigenvalue weighted by molar-refractivity contribution is 6.62. The monoisotopic (exact) mass is 508 g/mol. The van der Waals surface area contributed by atoms with Gasteiger partial charge in [-0.1, -0.05) is 13.3 Å². The van der Waals surface area contributed by atoms with Gasteiger partial charge in [-0.05, 0) is 12.8 Å². The van der Waals surface area contributed by atoms with Crippen molar-refractivity contribution in [3.63, 3.8) is 0 Å². The van der Waals surface area contributed by atoms with Gasteiger partial charge in [-0.3, -0.25) is 0 Å². The molecular weight excluding hydrogens is 470 g/mol. The van der Waals surface area contributed by atoms with Crippen LogP contribution in [0, 0.1) is 0 Å². The molecular formula is C19H38N3O9Si2+. The largest absolute Gasteiger partial charge is 0.563 e. The van der Waals surface area contributed by atoms with E-state index in [9.17, 15) is 14.4 Å². The fourth-order valence-corrected chi connectivity index (χ4v) is 9.00. The van der Waals surface area contributed by atoms with E-state index >= 15 is 0 Å². The van der Waals surface area contributed by atoms with E-state index in [2.05, 4.69) is 0 Å². The van der Waals surface area contributed by atoms with Crippen LogP contribution in [0.25, 0.3) is 0 Å². The standard InChI is InChI=1S/C19H38N3O9Si2/c1-8-9-12-20-17(23)21(13-10-15-32(26-2,27-3)28-4)19(25)22(18(20)24)14-11-16(22)33(29-5,30-6)31-7/h16H,8-15H2,1-7H3/q+1. The maximum atomic E-state index is 13.7. The molecule has 2 aliphatic heterocycles. The van der Waals surface area contributed by atoms with Crippen molar-refractivity contribution < 1.29 is 45.4 Å². The van der Waals surface area contributed by atoms with Crippen LogP contribution in [0.1, 0.15) is 32.6 Å². The third kappa shape index (κ3) is 4.68. The van der Waals surface area contributed by atoms with E-state index in [-0.39, 0.29) is 19.6 Å². The molecule has 190 valence electrons. The normalized spacial score (nSPS) is 24.1. The predicted molar refractivity (Wildman–Crippen MR) is 121 cm³/mol. The zero-order chi connectivity index (χ0) is 24.9. The summed E-state index contributed by atoms with van der Waals surface area (Å²) in [6.07, 6.45) is 2.35. The number of carbonyl (C=O) groups excluding carboxylic acids is 3. The summed E-state index contributed by atoms with van der Waals surface area (Å²) in [6, 6.07) is -1.31. The lowest BCUT2D eigenvalue weighted by atomic mass is 10.1. The number of imide groups is 3. The smallest absolute Gasteiger partial charge is 0.377 e. The van der Waals surface area contributed by atoms with Crippen LogP contribution in [-0.2, 0) is 26.6 Å². The molecule has 0 aromatic heterocycles. The zero-order valence-corrected chi connectivity index (χ0v) is 22.8. The van der Waals surface area contributed by atoms with Crippen LogP contribution in [0.3, 0.4) is 0 Å². The minimum absolute atomic E-state index is 0.104. The van der Waals surface area contributed by atoms with Crippen LogP contribution in [0.15, 0.2) is 0 Å². The lowest BCUT2D eigenvalue weighted by Gasteiger charge is -2.54. The highest BCUT2D eigenvalue weighted by Gasteiger charge is 2.75. The number of rotatable bonds is 14. The number of hydrogen-bond acceptors (Lipinski definition) is 9. The van der Waals surface area contributed by atoms with E-state index in [1.54, 1.807) is 0 Å². The Bertz CT molecular complexity index is 704. The first-order valence-electron chi connectivity index (χ1n) is 11.1. The molecule has 2 aliphatic rings. The minimum Gasteiger partial charge on any atom is -0.377 e. The van der Waals surface area contributed by atoms with Gasteiger partial charge in [0.25, 0.3) is 0 Å². The maximum Gasteiger partial charge on any atom is 0.563 e. The summed E-state index contributed by atoms with van der Waals surface area (Å²) >= 11 is 0. The number of nitrogens with zero attached hydrogens (tertiary/aromatic N) is 3. The predicted octanol–water partition coefficient (Wildman–Crippen LogP) is 2.04. The first-order valence-corrected chi connectivity index (χ1v) is 14.8. The Balaban J connectivity index is 2.38. The van der Waals surface area contributed by atoms with Gasteiger partial charge >= 0.3 is 35.7 Å². The van der Waals surface area contributed by atoms with E-state index in [1.807, 2.05) is 6.92 Å². The molecule has 0 saturated carbocycles. The van der Waals surface area contributed by atoms with E-state index in [4.69, 9.17) is 26.6 Å². The molecule has 2 rings (SSSR count). The molecule has 6 amide bonds. The molecule has 2 unspecified atom stereocenters. The topological polar surface area (TPSA) is 113 Å². The third-order valence-corrected chi connectivity index (χ3v) is 12.8. The van der Waals surface area contributed by atoms with Gasteiger partial charge < -0.3 is 26.6 Å². The minimum atomic E-state index is -3.36. The van der Waals surface area contributed by atoms with Crippen molar-refractivity contribution >= 4 is 35.7 Å². The fourth-order valence-electron chi connectivity index (χ4n) is 4.61. The number of quaternary nitrogens is 1. The Morgan fingerprint density at radius 2 is 1.30 bits per heavy atom. The Kier molecular flexibility index (Phi) is 9.73. The molecule has 1 spiro atoms. The van der Waals surface area contributed by atoms with Crippen molar-refractivity contribution in [2.24, 2.45) is 0 Å². The summed E-state index contributed by atoms with van der Waals surface area (Å²) < 4.78 is 32.6. The van der Waals surface area contributed by atoms with Crippen molar-refractivity contribution in [2.75, 3.05) is 62.3 Å². The highest BCUT2D eigenvalue weighted by atomic mass is 28.4. The number of carbonyl (C=O) groups is 3. The third-order valence-electron chi connectivity index (χ3n) is 6.69. The Morgan fingerprint density at radius 1 is 0.818 bits per heavy atom. The number of amides is 6. The van der Waals surface area contributed by atoms with Gasteiger partial charge in [0.2, 0.25) is 0 Å². The molecule has 0 N–H and O–H groups in total. The number of urea groups is 3. The molecule has 33 heavy (non-hydrogen) atoms. The van der Waals surface area contributed by atoms with Gasteiger partial charge in [-0.25, -0.2) is 24.2 Å². The molecule has 0 aromatic rings. The highest BCUT2D eigenvalue weighted by Crippen LogP contribution is 2.41. The zero-order valence-electron chi connectivity index (χ0n) is 20.8. The van der Waals surface area contributed by atoms with E-state index in [0.717, 1.165) is 11.3 Å². The summed E-state index contributed by atoms with van der Waals surface area (Å²) in [4.78, 5) is 42.9. The SMILES string of the molecule is CCCCN1C(=O)N(CCC[Si](OC)(OC)OC)C(=O)[N+]2(CCC2[Si](OC)(OC)OC)C1=O. The van der Waals surface area contributed by atoms with Gasteiger partial charge in [-0.2, -0.15) is 4.48 Å². The van der Waals surface area contributed by atoms with E-state index in [1.165, 1.54) is 47.6 Å². The summed E-state index contributed by atoms with van der Waals surface area (Å²) in [6.45, 7) is 2.57. The Hall–Kier alpha value is -1.24. The van der Waals surface area contributed by atoms with Gasteiger partial charge in [0, 0.05) is 61.8 Å². The van der Waals surface area contributed by atoms with Crippen molar-refractivity contribution in [3.05, 3.63) is 0 Å². The second-order valence-electron chi connectivity index (χ2n) is 8.02. The molecule has 2 heterocycles. The van der Waals surface area contributed by atoms with Crippen molar-refractivity contribution in [2.45, 2.75) is 44.3 Å². The van der Waals surface area contributed by atoms with E-state index in [0.29, 0.717) is 25.3 Å². The summed E-state index contributed by atoms with van der Waals surface area (Å²) in [7, 11) is 2.66. The lowest BCUT2D eigenvalue weighted by molar-refractivity contribution is -0.839. The van der Waals surface area contributed by atoms with Crippen LogP contribution in [0.4, 0.5) is 14.4 Å². The second kappa shape index (κ2) is 11.5. The van der Waals surface area contributed by atoms with Crippen LogP contribution >= 0.6 is 0 Å². The molecule has 2 fully saturated rings. The first kappa shape index (κ1) is 28.0. The fraction of sp³-hybridized carbons (Fsp3) is 0.842. The van der Waals surface area contributed by atoms with Crippen LogP contribution in [0.2, 0.25) is 6.04 Å². The quantitative estimate of drug-likeness (QED) is 0.257. The van der Waals surface area contributed by atoms with Gasteiger partial charge in [0.05, 0.1) is 6.42 Å². The molecule has 12 nitrogen and oxygen atoms in total. The average Bonchev–Trinajstić information content (AvgIpc) is 2.82. The molecule has 0 aromatic carbocycles. The second-order valence-corrected chi connectivity index (χ2v) is 14.2. The summed E-state index contributed by atoms with van der Waals surface area (Å²) in [5, 5.41) is 0. The Morgan fingerprint density at radius 3 is 1.67 bits per heavy atom. The molecule has 0 bridgehead atoms. The van der Waals surface area contributed by atoms with Crippen molar-refractivity contribution in [1.29, 1.82) is 0 Å². The maximum absolute atomic E-state index is 13.7. The van der Waals surface area contributed by atoms with Gasteiger partial charge in [0.1, 0.15) is 6.54 Å². The molecule has 14 heteroatoms. The lowest BCUT2D eigenvalue weighted by Crippen LogP contribution is -2.86. The van der Waals surface area contributed by atoms with Crippen LogP contribution in [0.5, 0.6) is 0 Å². The average molecular weight is 509 g/mol. The van der Waals surface area contributed by atoms with Crippen molar-refractivity contribution in [1.82, 2.24) is 9.80 Å². The number of unbranched alkanes of at least 4 members (excludes halogenated alkanes) is 1. The Labute approximate surface area is 197 Å². The summed E-state index contributed by atoms with van der Waals surface area (Å²) in [5.74, 6) is 0. The van der Waals surface area contributed by atoms with Gasteiger partial charge in [0.15, 0.2) is 5.67 Å². The molecule has 0 aliphatic carbocycles.